The van der Waals surface area contributed by atoms with Crippen molar-refractivity contribution in [2.75, 3.05) is 14.2 Å². The van der Waals surface area contributed by atoms with Crippen LogP contribution >= 0.6 is 0 Å². The van der Waals surface area contributed by atoms with Crippen LogP contribution in [0.15, 0.2) is 36.8 Å². The normalized spacial score (nSPS) is 12.1. The lowest BCUT2D eigenvalue weighted by Gasteiger charge is -2.17. The second kappa shape index (κ2) is 5.36. The lowest BCUT2D eigenvalue weighted by Crippen LogP contribution is -2.20. The van der Waals surface area contributed by atoms with Crippen molar-refractivity contribution in [3.8, 4) is 5.75 Å². The van der Waals surface area contributed by atoms with Crippen molar-refractivity contribution >= 4 is 0 Å². The van der Waals surface area contributed by atoms with Crippen molar-refractivity contribution in [2.24, 2.45) is 0 Å². The van der Waals surface area contributed by atoms with Crippen molar-refractivity contribution in [1.82, 2.24) is 20.5 Å². The van der Waals surface area contributed by atoms with Gasteiger partial charge in [-0.15, -0.1) is 0 Å². The molecule has 17 heavy (non-hydrogen) atoms. The van der Waals surface area contributed by atoms with Gasteiger partial charge in [0.2, 0.25) is 0 Å². The molecule has 0 aliphatic heterocycles. The molecule has 1 N–H and O–H groups in total. The van der Waals surface area contributed by atoms with Crippen molar-refractivity contribution < 1.29 is 4.74 Å². The molecule has 2 heterocycles. The van der Waals surface area contributed by atoms with Gasteiger partial charge in [-0.05, 0) is 30.8 Å². The highest BCUT2D eigenvalue weighted by atomic mass is 16.5. The molecule has 0 radical (unpaired) electrons. The Morgan fingerprint density at radius 3 is 2.76 bits per heavy atom. The second-order valence-electron chi connectivity index (χ2n) is 3.49. The van der Waals surface area contributed by atoms with E-state index in [4.69, 9.17) is 4.74 Å². The molecular formula is C12H14N4O. The van der Waals surface area contributed by atoms with Crippen LogP contribution in [0.1, 0.15) is 17.3 Å². The molecule has 0 aliphatic carbocycles. The van der Waals surface area contributed by atoms with Crippen LogP contribution in [0.25, 0.3) is 0 Å². The van der Waals surface area contributed by atoms with E-state index in [9.17, 15) is 0 Å². The first kappa shape index (κ1) is 11.5. The molecule has 0 amide bonds. The SMILES string of the molecule is CNC(c1ccnnc1)c1ncccc1OC. The first-order chi connectivity index (χ1) is 8.36. The van der Waals surface area contributed by atoms with Gasteiger partial charge >= 0.3 is 0 Å². The molecule has 88 valence electrons. The zero-order valence-corrected chi connectivity index (χ0v) is 9.79. The molecule has 1 atom stereocenters. The van der Waals surface area contributed by atoms with Crippen LogP contribution < -0.4 is 10.1 Å². The van der Waals surface area contributed by atoms with Gasteiger partial charge in [0.05, 0.1) is 19.3 Å². The Bertz CT molecular complexity index is 475. The Balaban J connectivity index is 2.42. The van der Waals surface area contributed by atoms with Crippen LogP contribution in [0.4, 0.5) is 0 Å². The van der Waals surface area contributed by atoms with Gasteiger partial charge in [0, 0.05) is 12.4 Å². The number of hydrogen-bond donors (Lipinski definition) is 1. The number of hydrogen-bond acceptors (Lipinski definition) is 5. The summed E-state index contributed by atoms with van der Waals surface area (Å²) in [6.07, 6.45) is 5.13. The minimum Gasteiger partial charge on any atom is -0.495 e. The maximum Gasteiger partial charge on any atom is 0.142 e. The summed E-state index contributed by atoms with van der Waals surface area (Å²) in [6, 6.07) is 5.59. The van der Waals surface area contributed by atoms with E-state index in [-0.39, 0.29) is 6.04 Å². The molecular weight excluding hydrogens is 216 g/mol. The van der Waals surface area contributed by atoms with E-state index >= 15 is 0 Å². The van der Waals surface area contributed by atoms with E-state index in [1.54, 1.807) is 25.7 Å². The third-order valence-corrected chi connectivity index (χ3v) is 2.52. The van der Waals surface area contributed by atoms with Crippen LogP contribution in [0.5, 0.6) is 5.75 Å². The lowest BCUT2D eigenvalue weighted by atomic mass is 10.1. The fraction of sp³-hybridized carbons (Fsp3) is 0.250. The lowest BCUT2D eigenvalue weighted by molar-refractivity contribution is 0.401. The third-order valence-electron chi connectivity index (χ3n) is 2.52. The Labute approximate surface area is 99.9 Å². The van der Waals surface area contributed by atoms with Crippen LogP contribution in [-0.4, -0.2) is 29.3 Å². The first-order valence-electron chi connectivity index (χ1n) is 5.29. The summed E-state index contributed by atoms with van der Waals surface area (Å²) >= 11 is 0. The highest BCUT2D eigenvalue weighted by molar-refractivity contribution is 5.35. The number of ether oxygens (including phenoxy) is 1. The van der Waals surface area contributed by atoms with E-state index in [0.717, 1.165) is 17.0 Å². The van der Waals surface area contributed by atoms with E-state index < -0.39 is 0 Å². The van der Waals surface area contributed by atoms with Gasteiger partial charge in [-0.2, -0.15) is 10.2 Å². The monoisotopic (exact) mass is 230 g/mol. The largest absolute Gasteiger partial charge is 0.495 e. The minimum atomic E-state index is -0.0540. The molecule has 0 spiro atoms. The van der Waals surface area contributed by atoms with Gasteiger partial charge in [0.1, 0.15) is 11.4 Å². The van der Waals surface area contributed by atoms with Gasteiger partial charge in [0.25, 0.3) is 0 Å². The van der Waals surface area contributed by atoms with Crippen LogP contribution in [0, 0.1) is 0 Å². The average molecular weight is 230 g/mol. The zero-order valence-electron chi connectivity index (χ0n) is 9.79. The summed E-state index contributed by atoms with van der Waals surface area (Å²) in [7, 11) is 3.51. The number of methoxy groups -OCH3 is 1. The fourth-order valence-corrected chi connectivity index (χ4v) is 1.73. The average Bonchev–Trinajstić information content (AvgIpc) is 2.41. The van der Waals surface area contributed by atoms with E-state index in [1.165, 1.54) is 0 Å². The highest BCUT2D eigenvalue weighted by Gasteiger charge is 2.17. The molecule has 0 aromatic carbocycles. The number of nitrogens with one attached hydrogen (secondary N) is 1. The second-order valence-corrected chi connectivity index (χ2v) is 3.49. The summed E-state index contributed by atoms with van der Waals surface area (Å²) in [5, 5.41) is 10.8. The molecule has 0 saturated carbocycles. The smallest absolute Gasteiger partial charge is 0.142 e. The van der Waals surface area contributed by atoms with Crippen LogP contribution in [-0.2, 0) is 0 Å². The molecule has 5 heteroatoms. The molecule has 0 bridgehead atoms. The van der Waals surface area contributed by atoms with Crippen molar-refractivity contribution in [2.45, 2.75) is 6.04 Å². The summed E-state index contributed by atoms with van der Waals surface area (Å²) < 4.78 is 5.31. The maximum absolute atomic E-state index is 5.31. The van der Waals surface area contributed by atoms with E-state index in [2.05, 4.69) is 20.5 Å². The summed E-state index contributed by atoms with van der Waals surface area (Å²) in [4.78, 5) is 4.36. The molecule has 2 rings (SSSR count). The van der Waals surface area contributed by atoms with Crippen LogP contribution in [0.2, 0.25) is 0 Å². The first-order valence-corrected chi connectivity index (χ1v) is 5.29. The van der Waals surface area contributed by atoms with Gasteiger partial charge in [-0.3, -0.25) is 4.98 Å². The van der Waals surface area contributed by atoms with E-state index in [1.807, 2.05) is 25.2 Å². The predicted molar refractivity (Wildman–Crippen MR) is 63.7 cm³/mol. The molecule has 5 nitrogen and oxygen atoms in total. The molecule has 0 fully saturated rings. The number of aromatic nitrogens is 3. The highest BCUT2D eigenvalue weighted by Crippen LogP contribution is 2.26. The summed E-state index contributed by atoms with van der Waals surface area (Å²) in [5.74, 6) is 0.753. The molecule has 0 aliphatic rings. The quantitative estimate of drug-likeness (QED) is 0.855. The van der Waals surface area contributed by atoms with Gasteiger partial charge < -0.3 is 10.1 Å². The summed E-state index contributed by atoms with van der Waals surface area (Å²) in [6.45, 7) is 0. The number of pyridine rings is 1. The minimum absolute atomic E-state index is 0.0540. The topological polar surface area (TPSA) is 59.9 Å². The Kier molecular flexibility index (Phi) is 3.62. The van der Waals surface area contributed by atoms with Crippen molar-refractivity contribution in [3.63, 3.8) is 0 Å². The molecule has 2 aromatic rings. The Morgan fingerprint density at radius 1 is 1.24 bits per heavy atom. The van der Waals surface area contributed by atoms with Gasteiger partial charge in [-0.1, -0.05) is 0 Å². The Hall–Kier alpha value is -2.01. The number of rotatable bonds is 4. The van der Waals surface area contributed by atoms with Crippen molar-refractivity contribution in [1.29, 1.82) is 0 Å². The van der Waals surface area contributed by atoms with Gasteiger partial charge in [-0.25, -0.2) is 0 Å². The molecule has 2 aromatic heterocycles. The standard InChI is InChI=1S/C12H14N4O/c1-13-11(9-5-7-15-16-8-9)12-10(17-2)4-3-6-14-12/h3-8,11,13H,1-2H3. The van der Waals surface area contributed by atoms with Gasteiger partial charge in [0.15, 0.2) is 0 Å². The maximum atomic E-state index is 5.31. The van der Waals surface area contributed by atoms with E-state index in [0.29, 0.717) is 0 Å². The van der Waals surface area contributed by atoms with Crippen molar-refractivity contribution in [3.05, 3.63) is 48.0 Å². The fourth-order valence-electron chi connectivity index (χ4n) is 1.73. The predicted octanol–water partition coefficient (Wildman–Crippen LogP) is 1.19. The van der Waals surface area contributed by atoms with Crippen LogP contribution in [0.3, 0.4) is 0 Å². The third kappa shape index (κ3) is 2.39. The zero-order chi connectivity index (χ0) is 12.1. The molecule has 1 unspecified atom stereocenters. The Morgan fingerprint density at radius 2 is 2.12 bits per heavy atom. The number of nitrogens with zero attached hydrogens (tertiary/aromatic N) is 3. The molecule has 0 saturated heterocycles. The summed E-state index contributed by atoms with van der Waals surface area (Å²) in [5.41, 5.74) is 1.84.